The molecule has 4 aromatic rings. The largest absolute Gasteiger partial charge is 0.379 e. The number of para-hydroxylation sites is 1. The van der Waals surface area contributed by atoms with Gasteiger partial charge in [0.1, 0.15) is 5.82 Å². The Morgan fingerprint density at radius 3 is 2.58 bits per heavy atom. The molecule has 0 unspecified atom stereocenters. The molecule has 0 spiro atoms. The maximum absolute atomic E-state index is 13.1. The van der Waals surface area contributed by atoms with Crippen molar-refractivity contribution in [2.75, 3.05) is 26.3 Å². The van der Waals surface area contributed by atoms with Crippen LogP contribution in [0.2, 0.25) is 0 Å². The topological polar surface area (TPSA) is 76.0 Å². The number of ether oxygens (including phenoxy) is 1. The number of pyridine rings is 1. The third kappa shape index (κ3) is 4.01. The van der Waals surface area contributed by atoms with E-state index in [2.05, 4.69) is 20.1 Å². The summed E-state index contributed by atoms with van der Waals surface area (Å²) < 4.78 is 7.40. The SMILES string of the molecule is Cn1c(CN2CCOCC2)nnc1Sc1c(-c2ccccc2)c2ccccc2[nH]c1=O. The fraction of sp³-hybridized carbons (Fsp3) is 0.261. The van der Waals surface area contributed by atoms with Crippen LogP contribution >= 0.6 is 11.8 Å². The van der Waals surface area contributed by atoms with Gasteiger partial charge in [0.05, 0.1) is 24.7 Å². The minimum atomic E-state index is -0.125. The number of fused-ring (bicyclic) bond motifs is 1. The molecule has 158 valence electrons. The van der Waals surface area contributed by atoms with Crippen molar-refractivity contribution in [3.8, 4) is 11.1 Å². The summed E-state index contributed by atoms with van der Waals surface area (Å²) in [5.74, 6) is 0.878. The average Bonchev–Trinajstić information content (AvgIpc) is 3.14. The lowest BCUT2D eigenvalue weighted by atomic mass is 10.0. The number of nitrogens with zero attached hydrogens (tertiary/aromatic N) is 4. The van der Waals surface area contributed by atoms with E-state index in [0.29, 0.717) is 16.6 Å². The Hall–Kier alpha value is -2.94. The van der Waals surface area contributed by atoms with Crippen molar-refractivity contribution in [1.82, 2.24) is 24.6 Å². The van der Waals surface area contributed by atoms with Gasteiger partial charge in [-0.1, -0.05) is 48.5 Å². The standard InChI is InChI=1S/C23H23N5O2S/c1-27-19(15-28-11-13-30-14-12-28)25-26-23(27)31-21-20(16-7-3-2-4-8-16)17-9-5-6-10-18(17)24-22(21)29/h2-10H,11-15H2,1H3,(H,24,29). The molecule has 0 saturated carbocycles. The molecule has 0 aliphatic carbocycles. The normalized spacial score (nSPS) is 14.9. The molecule has 2 aromatic heterocycles. The molecular formula is C23H23N5O2S. The van der Waals surface area contributed by atoms with Gasteiger partial charge in [-0.2, -0.15) is 0 Å². The van der Waals surface area contributed by atoms with E-state index in [1.165, 1.54) is 11.8 Å². The van der Waals surface area contributed by atoms with Crippen LogP contribution in [0.1, 0.15) is 5.82 Å². The number of H-pyrrole nitrogens is 1. The molecular weight excluding hydrogens is 410 g/mol. The van der Waals surface area contributed by atoms with Crippen molar-refractivity contribution in [1.29, 1.82) is 0 Å². The first-order valence-corrected chi connectivity index (χ1v) is 11.1. The zero-order valence-electron chi connectivity index (χ0n) is 17.2. The van der Waals surface area contributed by atoms with Gasteiger partial charge in [-0.15, -0.1) is 10.2 Å². The molecule has 1 aliphatic heterocycles. The number of nitrogens with one attached hydrogen (secondary N) is 1. The van der Waals surface area contributed by atoms with Crippen molar-refractivity contribution in [2.45, 2.75) is 16.6 Å². The van der Waals surface area contributed by atoms with Gasteiger partial charge in [-0.3, -0.25) is 9.69 Å². The van der Waals surface area contributed by atoms with E-state index in [1.54, 1.807) is 0 Å². The predicted octanol–water partition coefficient (Wildman–Crippen LogP) is 3.31. The van der Waals surface area contributed by atoms with Crippen LogP contribution in [0.25, 0.3) is 22.0 Å². The zero-order chi connectivity index (χ0) is 21.2. The van der Waals surface area contributed by atoms with Gasteiger partial charge in [0, 0.05) is 36.6 Å². The van der Waals surface area contributed by atoms with Crippen LogP contribution in [0.15, 0.2) is 69.4 Å². The highest BCUT2D eigenvalue weighted by molar-refractivity contribution is 7.99. The summed E-state index contributed by atoms with van der Waals surface area (Å²) in [5.41, 5.74) is 2.62. The van der Waals surface area contributed by atoms with Crippen molar-refractivity contribution >= 4 is 22.7 Å². The van der Waals surface area contributed by atoms with E-state index in [9.17, 15) is 4.79 Å². The van der Waals surface area contributed by atoms with Crippen LogP contribution in [-0.2, 0) is 18.3 Å². The molecule has 0 amide bonds. The first-order chi connectivity index (χ1) is 15.2. The Labute approximate surface area is 184 Å². The average molecular weight is 434 g/mol. The van der Waals surface area contributed by atoms with Gasteiger partial charge in [0.2, 0.25) is 0 Å². The van der Waals surface area contributed by atoms with E-state index >= 15 is 0 Å². The first kappa shape index (κ1) is 20.0. The van der Waals surface area contributed by atoms with E-state index in [0.717, 1.165) is 54.2 Å². The Bertz CT molecular complexity index is 1260. The molecule has 1 fully saturated rings. The minimum Gasteiger partial charge on any atom is -0.379 e. The number of benzene rings is 2. The zero-order valence-corrected chi connectivity index (χ0v) is 18.1. The van der Waals surface area contributed by atoms with Crippen LogP contribution in [0, 0.1) is 0 Å². The van der Waals surface area contributed by atoms with Gasteiger partial charge < -0.3 is 14.3 Å². The van der Waals surface area contributed by atoms with Crippen LogP contribution < -0.4 is 5.56 Å². The number of hydrogen-bond donors (Lipinski definition) is 1. The molecule has 1 aliphatic rings. The molecule has 1 saturated heterocycles. The monoisotopic (exact) mass is 433 g/mol. The van der Waals surface area contributed by atoms with Gasteiger partial charge >= 0.3 is 0 Å². The van der Waals surface area contributed by atoms with Crippen molar-refractivity contribution in [3.63, 3.8) is 0 Å². The summed E-state index contributed by atoms with van der Waals surface area (Å²) in [5, 5.41) is 10.5. The minimum absolute atomic E-state index is 0.125. The molecule has 1 N–H and O–H groups in total. The maximum Gasteiger partial charge on any atom is 0.263 e. The third-order valence-electron chi connectivity index (χ3n) is 5.53. The number of aromatic amines is 1. The van der Waals surface area contributed by atoms with Crippen LogP contribution in [0.4, 0.5) is 0 Å². The third-order valence-corrected chi connectivity index (χ3v) is 6.66. The molecule has 0 bridgehead atoms. The highest BCUT2D eigenvalue weighted by atomic mass is 32.2. The van der Waals surface area contributed by atoms with Gasteiger partial charge in [-0.25, -0.2) is 0 Å². The van der Waals surface area contributed by atoms with Gasteiger partial charge in [-0.05, 0) is 23.4 Å². The lowest BCUT2D eigenvalue weighted by Gasteiger charge is -2.25. The maximum atomic E-state index is 13.1. The predicted molar refractivity (Wildman–Crippen MR) is 121 cm³/mol. The van der Waals surface area contributed by atoms with Crippen molar-refractivity contribution < 1.29 is 4.74 Å². The molecule has 2 aromatic carbocycles. The van der Waals surface area contributed by atoms with Crippen molar-refractivity contribution in [2.24, 2.45) is 7.05 Å². The highest BCUT2D eigenvalue weighted by Crippen LogP contribution is 2.37. The number of hydrogen-bond acceptors (Lipinski definition) is 6. The van der Waals surface area contributed by atoms with Crippen LogP contribution in [-0.4, -0.2) is 51.0 Å². The first-order valence-electron chi connectivity index (χ1n) is 10.3. The number of rotatable bonds is 5. The molecule has 8 heteroatoms. The molecule has 7 nitrogen and oxygen atoms in total. The second kappa shape index (κ2) is 8.66. The summed E-state index contributed by atoms with van der Waals surface area (Å²) in [6, 6.07) is 17.9. The Morgan fingerprint density at radius 1 is 1.03 bits per heavy atom. The van der Waals surface area contributed by atoms with Crippen molar-refractivity contribution in [3.05, 3.63) is 70.8 Å². The van der Waals surface area contributed by atoms with E-state index in [-0.39, 0.29) is 5.56 Å². The molecule has 0 atom stereocenters. The van der Waals surface area contributed by atoms with E-state index < -0.39 is 0 Å². The smallest absolute Gasteiger partial charge is 0.263 e. The second-order valence-corrected chi connectivity index (χ2v) is 8.50. The highest BCUT2D eigenvalue weighted by Gasteiger charge is 2.20. The van der Waals surface area contributed by atoms with E-state index in [4.69, 9.17) is 4.74 Å². The molecule has 5 rings (SSSR count). The number of morpholine rings is 1. The summed E-state index contributed by atoms with van der Waals surface area (Å²) in [7, 11) is 1.95. The van der Waals surface area contributed by atoms with Gasteiger partial charge in [0.15, 0.2) is 5.16 Å². The van der Waals surface area contributed by atoms with E-state index in [1.807, 2.05) is 66.2 Å². The lowest BCUT2D eigenvalue weighted by Crippen LogP contribution is -2.36. The Morgan fingerprint density at radius 2 is 1.77 bits per heavy atom. The molecule has 3 heterocycles. The summed E-state index contributed by atoms with van der Waals surface area (Å²) >= 11 is 1.36. The van der Waals surface area contributed by atoms with Crippen LogP contribution in [0.3, 0.4) is 0 Å². The fourth-order valence-corrected chi connectivity index (χ4v) is 4.82. The summed E-state index contributed by atoms with van der Waals surface area (Å²) in [6.07, 6.45) is 0. The molecule has 31 heavy (non-hydrogen) atoms. The Balaban J connectivity index is 1.55. The fourth-order valence-electron chi connectivity index (χ4n) is 3.84. The Kier molecular flexibility index (Phi) is 5.59. The summed E-state index contributed by atoms with van der Waals surface area (Å²) in [4.78, 5) is 19.1. The second-order valence-electron chi connectivity index (χ2n) is 7.52. The number of aromatic nitrogens is 4. The summed E-state index contributed by atoms with van der Waals surface area (Å²) in [6.45, 7) is 3.97. The lowest BCUT2D eigenvalue weighted by molar-refractivity contribution is 0.0326. The molecule has 0 radical (unpaired) electrons. The quantitative estimate of drug-likeness (QED) is 0.520. The van der Waals surface area contributed by atoms with Gasteiger partial charge in [0.25, 0.3) is 5.56 Å². The van der Waals surface area contributed by atoms with Crippen LogP contribution in [0.5, 0.6) is 0 Å².